The van der Waals surface area contributed by atoms with E-state index in [1.54, 1.807) is 42.7 Å². The number of hydrogen-bond donors (Lipinski definition) is 1. The zero-order chi connectivity index (χ0) is 18.6. The molecule has 1 saturated carbocycles. The van der Waals surface area contributed by atoms with E-state index in [0.29, 0.717) is 16.3 Å². The van der Waals surface area contributed by atoms with E-state index in [2.05, 4.69) is 4.98 Å². The summed E-state index contributed by atoms with van der Waals surface area (Å²) in [5, 5.41) is 6.89. The first-order valence-corrected chi connectivity index (χ1v) is 9.88. The van der Waals surface area contributed by atoms with Crippen LogP contribution in [0.5, 0.6) is 0 Å². The maximum Gasteiger partial charge on any atom is 0.290 e. The van der Waals surface area contributed by atoms with E-state index in [1.807, 2.05) is 12.1 Å². The van der Waals surface area contributed by atoms with Crippen LogP contribution in [-0.2, 0) is 14.8 Å². The van der Waals surface area contributed by atoms with Crippen LogP contribution < -0.4 is 0 Å². The third-order valence-electron chi connectivity index (χ3n) is 4.65. The van der Waals surface area contributed by atoms with Crippen LogP contribution in [0.4, 0.5) is 0 Å². The average Bonchev–Trinajstić information content (AvgIpc) is 3.31. The highest BCUT2D eigenvalue weighted by molar-refractivity contribution is 7.90. The Kier molecular flexibility index (Phi) is 5.37. The van der Waals surface area contributed by atoms with E-state index < -0.39 is 10.0 Å². The highest BCUT2D eigenvalue weighted by atomic mass is 32.2. The zero-order valence-corrected chi connectivity index (χ0v) is 15.0. The molecule has 4 rings (SSSR count). The van der Waals surface area contributed by atoms with E-state index in [0.717, 1.165) is 23.9 Å². The van der Waals surface area contributed by atoms with Gasteiger partial charge in [-0.1, -0.05) is 31.0 Å². The van der Waals surface area contributed by atoms with Crippen LogP contribution in [0.2, 0.25) is 0 Å². The molecule has 0 bridgehead atoms. The van der Waals surface area contributed by atoms with Crippen molar-refractivity contribution >= 4 is 27.5 Å². The number of fused-ring (bicyclic) bond motifs is 1. The molecule has 136 valence electrons. The SMILES string of the molecule is O=CO.O=S(=O)(c1ccccc1)n1cc(C2CCCC2)c2ncccc21. The molecule has 2 aromatic heterocycles. The number of aromatic nitrogens is 2. The van der Waals surface area contributed by atoms with Crippen molar-refractivity contribution in [2.45, 2.75) is 36.5 Å². The topological polar surface area (TPSA) is 89.3 Å². The van der Waals surface area contributed by atoms with Gasteiger partial charge in [-0.05, 0) is 43.0 Å². The molecule has 1 N–H and O–H groups in total. The van der Waals surface area contributed by atoms with Gasteiger partial charge in [-0.2, -0.15) is 0 Å². The van der Waals surface area contributed by atoms with Gasteiger partial charge < -0.3 is 5.11 Å². The number of carbonyl (C=O) groups is 1. The lowest BCUT2D eigenvalue weighted by Crippen LogP contribution is -2.11. The van der Waals surface area contributed by atoms with Crippen molar-refractivity contribution in [1.29, 1.82) is 0 Å². The standard InChI is InChI=1S/C18H18N2O2S.CH2O2/c21-23(22,15-9-2-1-3-10-15)20-13-16(14-7-4-5-8-14)18-17(20)11-6-12-19-18;2-1-3/h1-3,6,9-14H,4-5,7-8H2;1H,(H,2,3). The lowest BCUT2D eigenvalue weighted by molar-refractivity contribution is -0.122. The van der Waals surface area contributed by atoms with E-state index >= 15 is 0 Å². The van der Waals surface area contributed by atoms with E-state index in [-0.39, 0.29) is 6.47 Å². The predicted molar refractivity (Wildman–Crippen MR) is 98.7 cm³/mol. The van der Waals surface area contributed by atoms with Gasteiger partial charge in [0, 0.05) is 18.0 Å². The number of benzene rings is 1. The third-order valence-corrected chi connectivity index (χ3v) is 6.34. The summed E-state index contributed by atoms with van der Waals surface area (Å²) in [7, 11) is -3.60. The van der Waals surface area contributed by atoms with Gasteiger partial charge >= 0.3 is 0 Å². The molecule has 6 nitrogen and oxygen atoms in total. The summed E-state index contributed by atoms with van der Waals surface area (Å²) in [6.07, 6.45) is 8.16. The molecular weight excluding hydrogens is 352 g/mol. The number of nitrogens with zero attached hydrogens (tertiary/aromatic N) is 2. The molecule has 0 aliphatic heterocycles. The number of carboxylic acid groups (broad SMARTS) is 1. The Morgan fingerprint density at radius 3 is 2.38 bits per heavy atom. The van der Waals surface area contributed by atoms with Gasteiger partial charge in [-0.25, -0.2) is 12.4 Å². The summed E-state index contributed by atoms with van der Waals surface area (Å²) >= 11 is 0. The molecule has 26 heavy (non-hydrogen) atoms. The summed E-state index contributed by atoms with van der Waals surface area (Å²) in [4.78, 5) is 13.1. The Hall–Kier alpha value is -2.67. The summed E-state index contributed by atoms with van der Waals surface area (Å²) in [6, 6.07) is 12.2. The Labute approximate surface area is 152 Å². The van der Waals surface area contributed by atoms with Gasteiger partial charge in [0.1, 0.15) is 0 Å². The summed E-state index contributed by atoms with van der Waals surface area (Å²) in [6.45, 7) is -0.250. The fraction of sp³-hybridized carbons (Fsp3) is 0.263. The smallest absolute Gasteiger partial charge is 0.290 e. The van der Waals surface area contributed by atoms with E-state index in [1.165, 1.54) is 16.8 Å². The fourth-order valence-corrected chi connectivity index (χ4v) is 4.88. The van der Waals surface area contributed by atoms with Crippen molar-refractivity contribution in [2.75, 3.05) is 0 Å². The lowest BCUT2D eigenvalue weighted by Gasteiger charge is -2.07. The minimum absolute atomic E-state index is 0.250. The lowest BCUT2D eigenvalue weighted by atomic mass is 10.00. The van der Waals surface area contributed by atoms with Crippen molar-refractivity contribution in [2.24, 2.45) is 0 Å². The van der Waals surface area contributed by atoms with Gasteiger partial charge in [0.25, 0.3) is 16.5 Å². The van der Waals surface area contributed by atoms with Crippen LogP contribution in [-0.4, -0.2) is 29.0 Å². The molecule has 1 fully saturated rings. The van der Waals surface area contributed by atoms with Gasteiger partial charge in [-0.15, -0.1) is 0 Å². The maximum absolute atomic E-state index is 13.0. The Bertz CT molecular complexity index is 991. The van der Waals surface area contributed by atoms with Crippen molar-refractivity contribution in [3.63, 3.8) is 0 Å². The molecule has 0 radical (unpaired) electrons. The van der Waals surface area contributed by atoms with Crippen molar-refractivity contribution in [3.05, 3.63) is 60.4 Å². The van der Waals surface area contributed by atoms with Gasteiger partial charge in [0.15, 0.2) is 0 Å². The summed E-state index contributed by atoms with van der Waals surface area (Å²) < 4.78 is 27.4. The van der Waals surface area contributed by atoms with Crippen molar-refractivity contribution in [3.8, 4) is 0 Å². The van der Waals surface area contributed by atoms with Crippen LogP contribution >= 0.6 is 0 Å². The Morgan fingerprint density at radius 2 is 1.73 bits per heavy atom. The fourth-order valence-electron chi connectivity index (χ4n) is 3.49. The van der Waals surface area contributed by atoms with Crippen molar-refractivity contribution < 1.29 is 18.3 Å². The van der Waals surface area contributed by atoms with Gasteiger partial charge in [0.2, 0.25) is 0 Å². The molecular formula is C19H20N2O4S. The number of rotatable bonds is 3. The normalized spacial score (nSPS) is 14.8. The van der Waals surface area contributed by atoms with Crippen LogP contribution in [0.1, 0.15) is 37.2 Å². The predicted octanol–water partition coefficient (Wildman–Crippen LogP) is 3.63. The Morgan fingerprint density at radius 1 is 1.08 bits per heavy atom. The minimum atomic E-state index is -3.60. The largest absolute Gasteiger partial charge is 0.483 e. The first-order chi connectivity index (χ1) is 12.6. The summed E-state index contributed by atoms with van der Waals surface area (Å²) in [5.41, 5.74) is 2.55. The molecule has 0 atom stereocenters. The molecule has 1 aliphatic carbocycles. The second-order valence-corrected chi connectivity index (χ2v) is 7.97. The molecule has 0 saturated heterocycles. The van der Waals surface area contributed by atoms with E-state index in [4.69, 9.17) is 9.90 Å². The summed E-state index contributed by atoms with van der Waals surface area (Å²) in [5.74, 6) is 0.416. The first-order valence-electron chi connectivity index (χ1n) is 8.44. The molecule has 0 unspecified atom stereocenters. The minimum Gasteiger partial charge on any atom is -0.483 e. The molecule has 2 heterocycles. The molecule has 3 aromatic rings. The van der Waals surface area contributed by atoms with Crippen LogP contribution in [0.3, 0.4) is 0 Å². The highest BCUT2D eigenvalue weighted by Crippen LogP contribution is 2.38. The van der Waals surface area contributed by atoms with Crippen LogP contribution in [0, 0.1) is 0 Å². The zero-order valence-electron chi connectivity index (χ0n) is 14.2. The monoisotopic (exact) mass is 372 g/mol. The molecule has 1 aliphatic rings. The van der Waals surface area contributed by atoms with E-state index in [9.17, 15) is 8.42 Å². The quantitative estimate of drug-likeness (QED) is 0.709. The van der Waals surface area contributed by atoms with Crippen molar-refractivity contribution in [1.82, 2.24) is 8.96 Å². The Balaban J connectivity index is 0.000000613. The molecule has 0 spiro atoms. The molecule has 1 aromatic carbocycles. The first kappa shape index (κ1) is 18.1. The van der Waals surface area contributed by atoms with Crippen LogP contribution in [0.15, 0.2) is 59.8 Å². The highest BCUT2D eigenvalue weighted by Gasteiger charge is 2.26. The van der Waals surface area contributed by atoms with Crippen LogP contribution in [0.25, 0.3) is 11.0 Å². The maximum atomic E-state index is 13.0. The second-order valence-electron chi connectivity index (χ2n) is 6.16. The average molecular weight is 372 g/mol. The number of hydrogen-bond acceptors (Lipinski definition) is 4. The molecule has 0 amide bonds. The van der Waals surface area contributed by atoms with Gasteiger partial charge in [0.05, 0.1) is 15.9 Å². The van der Waals surface area contributed by atoms with Gasteiger partial charge in [-0.3, -0.25) is 9.78 Å². The third kappa shape index (κ3) is 3.35. The molecule has 7 heteroatoms. The second kappa shape index (κ2) is 7.70. The number of pyridine rings is 1.